The van der Waals surface area contributed by atoms with Gasteiger partial charge in [0.2, 0.25) is 10.0 Å². The monoisotopic (exact) mass is 432 g/mol. The van der Waals surface area contributed by atoms with Crippen LogP contribution in [0.5, 0.6) is 11.5 Å². The van der Waals surface area contributed by atoms with Crippen molar-refractivity contribution < 1.29 is 22.7 Å². The molecule has 0 aromatic heterocycles. The third-order valence-corrected chi connectivity index (χ3v) is 7.14. The number of benzene rings is 2. The van der Waals surface area contributed by atoms with Crippen molar-refractivity contribution in [1.82, 2.24) is 5.32 Å². The number of nitrogens with one attached hydrogen (secondary N) is 1. The molecular weight excluding hydrogens is 404 g/mol. The van der Waals surface area contributed by atoms with Crippen LogP contribution in [0, 0.1) is 0 Å². The Morgan fingerprint density at radius 2 is 1.87 bits per heavy atom. The van der Waals surface area contributed by atoms with Gasteiger partial charge in [0.15, 0.2) is 11.5 Å². The fourth-order valence-corrected chi connectivity index (χ4v) is 5.24. The lowest BCUT2D eigenvalue weighted by molar-refractivity contribution is 0.0935. The van der Waals surface area contributed by atoms with Crippen LogP contribution in [0.3, 0.4) is 0 Å². The Kier molecular flexibility index (Phi) is 6.87. The zero-order valence-electron chi connectivity index (χ0n) is 17.6. The second kappa shape index (κ2) is 9.38. The van der Waals surface area contributed by atoms with E-state index in [0.717, 1.165) is 12.0 Å². The standard InChI is InChI=1S/C22H28N2O5S/c1-4-19(16-10-11-20(28-2)21(15-16)29-3)23-22(25)17-8-7-9-18(14-17)24-12-5-6-13-30(24,26)27/h7-11,14-15,19H,4-6,12-13H2,1-3H3,(H,23,25). The van der Waals surface area contributed by atoms with Crippen molar-refractivity contribution in [3.8, 4) is 11.5 Å². The van der Waals surface area contributed by atoms with Crippen molar-refractivity contribution in [2.45, 2.75) is 32.2 Å². The lowest BCUT2D eigenvalue weighted by Gasteiger charge is -2.28. The smallest absolute Gasteiger partial charge is 0.251 e. The van der Waals surface area contributed by atoms with Gasteiger partial charge in [-0.25, -0.2) is 8.42 Å². The lowest BCUT2D eigenvalue weighted by Crippen LogP contribution is -2.38. The Morgan fingerprint density at radius 3 is 2.53 bits per heavy atom. The van der Waals surface area contributed by atoms with E-state index in [4.69, 9.17) is 9.47 Å². The molecule has 1 N–H and O–H groups in total. The van der Waals surface area contributed by atoms with Crippen molar-refractivity contribution in [1.29, 1.82) is 0 Å². The molecule has 7 nitrogen and oxygen atoms in total. The molecule has 2 aromatic rings. The molecule has 0 aliphatic carbocycles. The minimum atomic E-state index is -3.33. The topological polar surface area (TPSA) is 84.9 Å². The van der Waals surface area contributed by atoms with Crippen molar-refractivity contribution in [3.63, 3.8) is 0 Å². The normalized spacial score (nSPS) is 16.6. The molecular formula is C22H28N2O5S. The van der Waals surface area contributed by atoms with E-state index in [0.29, 0.717) is 42.1 Å². The van der Waals surface area contributed by atoms with Gasteiger partial charge in [0.05, 0.1) is 31.7 Å². The maximum Gasteiger partial charge on any atom is 0.251 e. The van der Waals surface area contributed by atoms with Crippen LogP contribution in [-0.4, -0.2) is 40.8 Å². The van der Waals surface area contributed by atoms with Crippen LogP contribution in [0.15, 0.2) is 42.5 Å². The number of anilines is 1. The number of hydrogen-bond donors (Lipinski definition) is 1. The molecule has 1 aliphatic rings. The summed E-state index contributed by atoms with van der Waals surface area (Å²) in [6, 6.07) is 12.1. The first-order chi connectivity index (χ1) is 14.4. The SMILES string of the molecule is CCC(NC(=O)c1cccc(N2CCCCS2(=O)=O)c1)c1ccc(OC)c(OC)c1. The quantitative estimate of drug-likeness (QED) is 0.724. The molecule has 1 fully saturated rings. The van der Waals surface area contributed by atoms with Gasteiger partial charge >= 0.3 is 0 Å². The third-order valence-electron chi connectivity index (χ3n) is 5.27. The van der Waals surface area contributed by atoms with E-state index in [-0.39, 0.29) is 17.7 Å². The number of carbonyl (C=O) groups excluding carboxylic acids is 1. The fraction of sp³-hybridized carbons (Fsp3) is 0.409. The molecule has 0 bridgehead atoms. The van der Waals surface area contributed by atoms with Crippen molar-refractivity contribution in [2.24, 2.45) is 0 Å². The Hall–Kier alpha value is -2.74. The summed E-state index contributed by atoms with van der Waals surface area (Å²) in [7, 11) is -0.182. The number of ether oxygens (including phenoxy) is 2. The molecule has 2 aromatic carbocycles. The first-order valence-electron chi connectivity index (χ1n) is 10.0. The molecule has 0 spiro atoms. The molecule has 1 saturated heterocycles. The molecule has 1 atom stereocenters. The Labute approximate surface area is 178 Å². The maximum absolute atomic E-state index is 12.9. The maximum atomic E-state index is 12.9. The summed E-state index contributed by atoms with van der Waals surface area (Å²) in [4.78, 5) is 12.9. The van der Waals surface area contributed by atoms with E-state index >= 15 is 0 Å². The van der Waals surface area contributed by atoms with Crippen molar-refractivity contribution in [3.05, 3.63) is 53.6 Å². The molecule has 3 rings (SSSR count). The Morgan fingerprint density at radius 1 is 1.10 bits per heavy atom. The number of hydrogen-bond acceptors (Lipinski definition) is 5. The summed E-state index contributed by atoms with van der Waals surface area (Å²) < 4.78 is 36.8. The second-order valence-corrected chi connectivity index (χ2v) is 9.21. The summed E-state index contributed by atoms with van der Waals surface area (Å²) in [5.41, 5.74) is 1.85. The number of nitrogens with zero attached hydrogens (tertiary/aromatic N) is 1. The molecule has 30 heavy (non-hydrogen) atoms. The molecule has 162 valence electrons. The van der Waals surface area contributed by atoms with E-state index < -0.39 is 10.0 Å². The van der Waals surface area contributed by atoms with Gasteiger partial charge in [-0.15, -0.1) is 0 Å². The van der Waals surface area contributed by atoms with Crippen molar-refractivity contribution in [2.75, 3.05) is 30.8 Å². The first kappa shape index (κ1) is 22.0. The summed E-state index contributed by atoms with van der Waals surface area (Å²) in [6.07, 6.45) is 2.16. The van der Waals surface area contributed by atoms with Gasteiger partial charge in [0, 0.05) is 12.1 Å². The number of methoxy groups -OCH3 is 2. The van der Waals surface area contributed by atoms with Gasteiger partial charge in [-0.05, 0) is 55.2 Å². The van der Waals surface area contributed by atoms with Crippen LogP contribution >= 0.6 is 0 Å². The highest BCUT2D eigenvalue weighted by Gasteiger charge is 2.26. The lowest BCUT2D eigenvalue weighted by atomic mass is 10.0. The third kappa shape index (κ3) is 4.70. The minimum absolute atomic E-state index is 0.140. The number of rotatable bonds is 7. The zero-order valence-corrected chi connectivity index (χ0v) is 18.4. The van der Waals surface area contributed by atoms with E-state index in [1.54, 1.807) is 38.5 Å². The first-order valence-corrected chi connectivity index (χ1v) is 11.6. The summed E-state index contributed by atoms with van der Waals surface area (Å²) >= 11 is 0. The van der Waals surface area contributed by atoms with Crippen LogP contribution < -0.4 is 19.1 Å². The zero-order chi connectivity index (χ0) is 21.7. The number of sulfonamides is 1. The van der Waals surface area contributed by atoms with Crippen LogP contribution in [0.25, 0.3) is 0 Å². The van der Waals surface area contributed by atoms with E-state index in [9.17, 15) is 13.2 Å². The van der Waals surface area contributed by atoms with E-state index in [2.05, 4.69) is 5.32 Å². The van der Waals surface area contributed by atoms with Crippen LogP contribution in [-0.2, 0) is 10.0 Å². The van der Waals surface area contributed by atoms with Gasteiger partial charge in [-0.3, -0.25) is 9.10 Å². The predicted octanol–water partition coefficient (Wildman–Crippen LogP) is 3.51. The highest BCUT2D eigenvalue weighted by atomic mass is 32.2. The molecule has 8 heteroatoms. The Balaban J connectivity index is 1.81. The Bertz CT molecular complexity index is 1010. The minimum Gasteiger partial charge on any atom is -0.493 e. The van der Waals surface area contributed by atoms with Crippen molar-refractivity contribution >= 4 is 21.6 Å². The molecule has 1 unspecified atom stereocenters. The van der Waals surface area contributed by atoms with Gasteiger partial charge in [-0.1, -0.05) is 19.1 Å². The molecule has 1 heterocycles. The summed E-state index contributed by atoms with van der Waals surface area (Å²) in [5, 5.41) is 3.04. The van der Waals surface area contributed by atoms with Crippen LogP contribution in [0.4, 0.5) is 5.69 Å². The van der Waals surface area contributed by atoms with Gasteiger partial charge in [0.1, 0.15) is 0 Å². The average molecular weight is 433 g/mol. The average Bonchev–Trinajstić information content (AvgIpc) is 2.76. The fourth-order valence-electron chi connectivity index (χ4n) is 3.61. The molecule has 0 radical (unpaired) electrons. The molecule has 1 aliphatic heterocycles. The van der Waals surface area contributed by atoms with Gasteiger partial charge < -0.3 is 14.8 Å². The predicted molar refractivity (Wildman–Crippen MR) is 117 cm³/mol. The van der Waals surface area contributed by atoms with Crippen LogP contribution in [0.1, 0.15) is 48.1 Å². The summed E-state index contributed by atoms with van der Waals surface area (Å²) in [6.45, 7) is 2.43. The molecule has 0 saturated carbocycles. The number of carbonyl (C=O) groups is 1. The highest BCUT2D eigenvalue weighted by Crippen LogP contribution is 2.31. The highest BCUT2D eigenvalue weighted by molar-refractivity contribution is 7.92. The van der Waals surface area contributed by atoms with Crippen LogP contribution in [0.2, 0.25) is 0 Å². The van der Waals surface area contributed by atoms with Gasteiger partial charge in [0.25, 0.3) is 5.91 Å². The van der Waals surface area contributed by atoms with E-state index in [1.807, 2.05) is 25.1 Å². The molecule has 1 amide bonds. The number of amides is 1. The summed E-state index contributed by atoms with van der Waals surface area (Å²) in [5.74, 6) is 1.10. The second-order valence-electron chi connectivity index (χ2n) is 7.19. The van der Waals surface area contributed by atoms with Gasteiger partial charge in [-0.2, -0.15) is 0 Å². The van der Waals surface area contributed by atoms with E-state index in [1.165, 1.54) is 4.31 Å². The largest absolute Gasteiger partial charge is 0.493 e.